The lowest BCUT2D eigenvalue weighted by Crippen LogP contribution is -2.10. The molecule has 1 heterocycles. The SMILES string of the molecule is CSCCCNc1nccn1C(C)C. The van der Waals surface area contributed by atoms with Gasteiger partial charge in [-0.3, -0.25) is 0 Å². The van der Waals surface area contributed by atoms with E-state index in [9.17, 15) is 0 Å². The molecule has 1 aromatic heterocycles. The molecule has 0 aliphatic rings. The Labute approximate surface area is 90.3 Å². The van der Waals surface area contributed by atoms with Gasteiger partial charge < -0.3 is 9.88 Å². The van der Waals surface area contributed by atoms with Crippen LogP contribution in [0, 0.1) is 0 Å². The molecule has 0 atom stereocenters. The van der Waals surface area contributed by atoms with Crippen LogP contribution in [0.1, 0.15) is 26.3 Å². The zero-order valence-corrected chi connectivity index (χ0v) is 9.97. The summed E-state index contributed by atoms with van der Waals surface area (Å²) in [7, 11) is 0. The van der Waals surface area contributed by atoms with Crippen LogP contribution >= 0.6 is 11.8 Å². The Hall–Kier alpha value is -0.640. The van der Waals surface area contributed by atoms with E-state index >= 15 is 0 Å². The number of rotatable bonds is 6. The van der Waals surface area contributed by atoms with Crippen LogP contribution in [0.15, 0.2) is 12.4 Å². The highest BCUT2D eigenvalue weighted by Crippen LogP contribution is 2.12. The summed E-state index contributed by atoms with van der Waals surface area (Å²) in [6.45, 7) is 5.33. The second kappa shape index (κ2) is 5.96. The van der Waals surface area contributed by atoms with Crippen molar-refractivity contribution in [1.29, 1.82) is 0 Å². The van der Waals surface area contributed by atoms with Crippen LogP contribution in [0.2, 0.25) is 0 Å². The van der Waals surface area contributed by atoms with E-state index in [1.807, 2.05) is 24.2 Å². The summed E-state index contributed by atoms with van der Waals surface area (Å²) in [4.78, 5) is 4.28. The molecule has 0 aromatic carbocycles. The van der Waals surface area contributed by atoms with Gasteiger partial charge in [-0.2, -0.15) is 11.8 Å². The highest BCUT2D eigenvalue weighted by Gasteiger charge is 2.03. The number of hydrogen-bond donors (Lipinski definition) is 1. The number of aromatic nitrogens is 2. The second-order valence-electron chi connectivity index (χ2n) is 3.52. The first-order valence-electron chi connectivity index (χ1n) is 5.01. The molecule has 0 spiro atoms. The topological polar surface area (TPSA) is 29.9 Å². The fourth-order valence-electron chi connectivity index (χ4n) is 1.28. The van der Waals surface area contributed by atoms with E-state index in [4.69, 9.17) is 0 Å². The first-order valence-corrected chi connectivity index (χ1v) is 6.40. The average Bonchev–Trinajstić information content (AvgIpc) is 2.60. The van der Waals surface area contributed by atoms with E-state index in [2.05, 4.69) is 35.0 Å². The van der Waals surface area contributed by atoms with Crippen molar-refractivity contribution in [2.45, 2.75) is 26.3 Å². The zero-order chi connectivity index (χ0) is 10.4. The third-order valence-corrected chi connectivity index (χ3v) is 2.73. The molecule has 1 rings (SSSR count). The fourth-order valence-corrected chi connectivity index (χ4v) is 1.72. The number of anilines is 1. The molecule has 0 aliphatic carbocycles. The van der Waals surface area contributed by atoms with Gasteiger partial charge in [-0.25, -0.2) is 4.98 Å². The second-order valence-corrected chi connectivity index (χ2v) is 4.51. The number of hydrogen-bond acceptors (Lipinski definition) is 3. The maximum atomic E-state index is 4.28. The highest BCUT2D eigenvalue weighted by molar-refractivity contribution is 7.98. The minimum Gasteiger partial charge on any atom is -0.356 e. The zero-order valence-electron chi connectivity index (χ0n) is 9.16. The maximum absolute atomic E-state index is 4.28. The Balaban J connectivity index is 2.38. The van der Waals surface area contributed by atoms with Crippen LogP contribution in [-0.4, -0.2) is 28.1 Å². The maximum Gasteiger partial charge on any atom is 0.203 e. The van der Waals surface area contributed by atoms with Crippen molar-refractivity contribution in [3.8, 4) is 0 Å². The van der Waals surface area contributed by atoms with Crippen molar-refractivity contribution < 1.29 is 0 Å². The molecular weight excluding hydrogens is 194 g/mol. The third-order valence-electron chi connectivity index (χ3n) is 2.03. The predicted octanol–water partition coefficient (Wildman–Crippen LogP) is 2.63. The molecule has 14 heavy (non-hydrogen) atoms. The molecule has 0 amide bonds. The van der Waals surface area contributed by atoms with Crippen molar-refractivity contribution in [2.24, 2.45) is 0 Å². The van der Waals surface area contributed by atoms with Gasteiger partial charge in [0.25, 0.3) is 0 Å². The molecule has 0 unspecified atom stereocenters. The molecule has 80 valence electrons. The largest absolute Gasteiger partial charge is 0.356 e. The summed E-state index contributed by atoms with van der Waals surface area (Å²) in [5, 5.41) is 3.35. The monoisotopic (exact) mass is 213 g/mol. The Morgan fingerprint density at radius 3 is 3.00 bits per heavy atom. The Kier molecular flexibility index (Phi) is 4.87. The molecule has 0 radical (unpaired) electrons. The summed E-state index contributed by atoms with van der Waals surface area (Å²) >= 11 is 1.88. The lowest BCUT2D eigenvalue weighted by atomic mass is 10.4. The molecule has 4 heteroatoms. The van der Waals surface area contributed by atoms with Crippen LogP contribution in [0.5, 0.6) is 0 Å². The van der Waals surface area contributed by atoms with Gasteiger partial charge in [0.15, 0.2) is 0 Å². The van der Waals surface area contributed by atoms with Crippen LogP contribution in [0.25, 0.3) is 0 Å². The van der Waals surface area contributed by atoms with Crippen molar-refractivity contribution in [3.63, 3.8) is 0 Å². The van der Waals surface area contributed by atoms with E-state index < -0.39 is 0 Å². The van der Waals surface area contributed by atoms with E-state index in [-0.39, 0.29) is 0 Å². The van der Waals surface area contributed by atoms with Gasteiger partial charge in [-0.1, -0.05) is 0 Å². The minimum atomic E-state index is 0.473. The molecular formula is C10H19N3S. The highest BCUT2D eigenvalue weighted by atomic mass is 32.2. The number of thioether (sulfide) groups is 1. The van der Waals surface area contributed by atoms with Gasteiger partial charge in [0.2, 0.25) is 5.95 Å². The van der Waals surface area contributed by atoms with Gasteiger partial charge in [-0.15, -0.1) is 0 Å². The molecule has 0 fully saturated rings. The van der Waals surface area contributed by atoms with Gasteiger partial charge in [0, 0.05) is 25.0 Å². The van der Waals surface area contributed by atoms with Crippen molar-refractivity contribution in [3.05, 3.63) is 12.4 Å². The Bertz CT molecular complexity index is 258. The number of nitrogens with one attached hydrogen (secondary N) is 1. The van der Waals surface area contributed by atoms with Crippen LogP contribution in [-0.2, 0) is 0 Å². The van der Waals surface area contributed by atoms with Crippen molar-refractivity contribution >= 4 is 17.7 Å². The molecule has 0 saturated heterocycles. The van der Waals surface area contributed by atoms with Crippen LogP contribution in [0.3, 0.4) is 0 Å². The first kappa shape index (κ1) is 11.4. The van der Waals surface area contributed by atoms with Gasteiger partial charge in [0.05, 0.1) is 0 Å². The Morgan fingerprint density at radius 1 is 1.57 bits per heavy atom. The van der Waals surface area contributed by atoms with Crippen LogP contribution < -0.4 is 5.32 Å². The van der Waals surface area contributed by atoms with Gasteiger partial charge >= 0.3 is 0 Å². The predicted molar refractivity (Wildman–Crippen MR) is 64.1 cm³/mol. The molecule has 0 aliphatic heterocycles. The third kappa shape index (κ3) is 3.25. The first-order chi connectivity index (χ1) is 6.75. The van der Waals surface area contributed by atoms with Gasteiger partial charge in [-0.05, 0) is 32.3 Å². The molecule has 1 aromatic rings. The summed E-state index contributed by atoms with van der Waals surface area (Å²) in [5.41, 5.74) is 0. The quantitative estimate of drug-likeness (QED) is 0.737. The minimum absolute atomic E-state index is 0.473. The standard InChI is InChI=1S/C10H19N3S/c1-9(2)13-7-6-12-10(13)11-5-4-8-14-3/h6-7,9H,4-5,8H2,1-3H3,(H,11,12). The molecule has 0 bridgehead atoms. The van der Waals surface area contributed by atoms with E-state index in [0.29, 0.717) is 6.04 Å². The van der Waals surface area contributed by atoms with E-state index in [0.717, 1.165) is 12.5 Å². The average molecular weight is 213 g/mol. The van der Waals surface area contributed by atoms with E-state index in [1.54, 1.807) is 0 Å². The summed E-state index contributed by atoms with van der Waals surface area (Å²) in [5.74, 6) is 2.19. The smallest absolute Gasteiger partial charge is 0.203 e. The van der Waals surface area contributed by atoms with Crippen LogP contribution in [0.4, 0.5) is 5.95 Å². The number of nitrogens with zero attached hydrogens (tertiary/aromatic N) is 2. The van der Waals surface area contributed by atoms with Crippen molar-refractivity contribution in [2.75, 3.05) is 23.9 Å². The number of imidazole rings is 1. The summed E-state index contributed by atoms with van der Waals surface area (Å²) < 4.78 is 2.15. The molecule has 3 nitrogen and oxygen atoms in total. The lowest BCUT2D eigenvalue weighted by molar-refractivity contribution is 0.604. The van der Waals surface area contributed by atoms with Gasteiger partial charge in [0.1, 0.15) is 0 Å². The fraction of sp³-hybridized carbons (Fsp3) is 0.700. The normalized spacial score (nSPS) is 10.9. The molecule has 1 N–H and O–H groups in total. The summed E-state index contributed by atoms with van der Waals surface area (Å²) in [6, 6.07) is 0.473. The van der Waals surface area contributed by atoms with Crippen molar-refractivity contribution in [1.82, 2.24) is 9.55 Å². The Morgan fingerprint density at radius 2 is 2.36 bits per heavy atom. The summed E-state index contributed by atoms with van der Waals surface area (Å²) in [6.07, 6.45) is 7.18. The van der Waals surface area contributed by atoms with E-state index in [1.165, 1.54) is 12.2 Å². The lowest BCUT2D eigenvalue weighted by Gasteiger charge is -2.12. The molecule has 0 saturated carbocycles.